The lowest BCUT2D eigenvalue weighted by atomic mass is 9.98. The quantitative estimate of drug-likeness (QED) is 0.681. The Morgan fingerprint density at radius 1 is 1.24 bits per heavy atom. The number of nitrogens with zero attached hydrogens (tertiary/aromatic N) is 4. The summed E-state index contributed by atoms with van der Waals surface area (Å²) in [6.07, 6.45) is 1.39. The number of hydrogen-bond acceptors (Lipinski definition) is 8. The van der Waals surface area contributed by atoms with Gasteiger partial charge in [-0.3, -0.25) is 4.79 Å². The summed E-state index contributed by atoms with van der Waals surface area (Å²) in [5.74, 6) is -1.18. The molecule has 0 aliphatic heterocycles. The topological polar surface area (TPSA) is 131 Å². The molecule has 1 aromatic carbocycles. The van der Waals surface area contributed by atoms with Crippen LogP contribution < -0.4 is 11.1 Å². The third kappa shape index (κ3) is 3.45. The SMILES string of the molecule is Cc1occc1C(=O)[C@H](C#N)c1nc(N)nc(Nc2ccccc2)n1. The molecular formula is C17H14N6O2. The Hall–Kier alpha value is -3.73. The van der Waals surface area contributed by atoms with E-state index in [2.05, 4.69) is 20.3 Å². The van der Waals surface area contributed by atoms with Crippen molar-refractivity contribution < 1.29 is 9.21 Å². The molecule has 1 atom stereocenters. The van der Waals surface area contributed by atoms with Crippen LogP contribution >= 0.6 is 0 Å². The number of benzene rings is 1. The molecule has 2 aromatic heterocycles. The average molecular weight is 334 g/mol. The monoisotopic (exact) mass is 334 g/mol. The number of hydrogen-bond donors (Lipinski definition) is 2. The number of nitrogens with two attached hydrogens (primary N) is 1. The summed E-state index contributed by atoms with van der Waals surface area (Å²) in [5, 5.41) is 12.4. The highest BCUT2D eigenvalue weighted by Gasteiger charge is 2.28. The third-order valence-electron chi connectivity index (χ3n) is 3.47. The molecule has 0 radical (unpaired) electrons. The second kappa shape index (κ2) is 6.80. The van der Waals surface area contributed by atoms with Gasteiger partial charge in [-0.25, -0.2) is 0 Å². The van der Waals surface area contributed by atoms with E-state index in [0.717, 1.165) is 5.69 Å². The van der Waals surface area contributed by atoms with Crippen LogP contribution in [0.2, 0.25) is 0 Å². The normalized spacial score (nSPS) is 11.5. The number of nitriles is 1. The van der Waals surface area contributed by atoms with Gasteiger partial charge < -0.3 is 15.5 Å². The third-order valence-corrected chi connectivity index (χ3v) is 3.47. The number of para-hydroxylation sites is 1. The lowest BCUT2D eigenvalue weighted by Gasteiger charge is -2.10. The summed E-state index contributed by atoms with van der Waals surface area (Å²) in [6, 6.07) is 12.6. The summed E-state index contributed by atoms with van der Waals surface area (Å²) in [5.41, 5.74) is 6.76. The van der Waals surface area contributed by atoms with Gasteiger partial charge in [0.25, 0.3) is 0 Å². The summed E-state index contributed by atoms with van der Waals surface area (Å²) in [6.45, 7) is 1.64. The van der Waals surface area contributed by atoms with Crippen molar-refractivity contribution in [3.8, 4) is 6.07 Å². The lowest BCUT2D eigenvalue weighted by Crippen LogP contribution is -2.17. The largest absolute Gasteiger partial charge is 0.469 e. The number of Topliss-reactive ketones (excluding diaryl/α,β-unsaturated/α-hetero) is 1. The number of aromatic nitrogens is 3. The molecule has 0 aliphatic carbocycles. The zero-order valence-electron chi connectivity index (χ0n) is 13.3. The van der Waals surface area contributed by atoms with Gasteiger partial charge in [0.1, 0.15) is 5.76 Å². The van der Waals surface area contributed by atoms with Crippen LogP contribution in [0, 0.1) is 18.3 Å². The van der Waals surface area contributed by atoms with Crippen LogP contribution in [0.15, 0.2) is 47.1 Å². The fourth-order valence-corrected chi connectivity index (χ4v) is 2.27. The first-order chi connectivity index (χ1) is 12.1. The summed E-state index contributed by atoms with van der Waals surface area (Å²) in [7, 11) is 0. The number of rotatable bonds is 5. The number of carbonyl (C=O) groups excluding carboxylic acids is 1. The molecule has 0 amide bonds. The molecule has 0 aliphatic rings. The summed E-state index contributed by atoms with van der Waals surface area (Å²) in [4.78, 5) is 24.7. The number of nitrogen functional groups attached to an aromatic ring is 1. The minimum Gasteiger partial charge on any atom is -0.469 e. The summed E-state index contributed by atoms with van der Waals surface area (Å²) >= 11 is 0. The van der Waals surface area contributed by atoms with Crippen LogP contribution in [0.4, 0.5) is 17.6 Å². The first kappa shape index (κ1) is 16.1. The van der Waals surface area contributed by atoms with Gasteiger partial charge in [0.05, 0.1) is 17.9 Å². The maximum absolute atomic E-state index is 12.6. The number of nitrogens with one attached hydrogen (secondary N) is 1. The molecule has 8 heteroatoms. The lowest BCUT2D eigenvalue weighted by molar-refractivity contribution is 0.0975. The van der Waals surface area contributed by atoms with Crippen molar-refractivity contribution in [2.45, 2.75) is 12.8 Å². The van der Waals surface area contributed by atoms with E-state index in [-0.39, 0.29) is 17.7 Å². The van der Waals surface area contributed by atoms with Crippen LogP contribution in [-0.2, 0) is 0 Å². The van der Waals surface area contributed by atoms with Crippen molar-refractivity contribution in [3.63, 3.8) is 0 Å². The van der Waals surface area contributed by atoms with Crippen LogP contribution in [0.1, 0.15) is 27.9 Å². The Kier molecular flexibility index (Phi) is 4.39. The molecule has 3 rings (SSSR count). The maximum atomic E-state index is 12.6. The number of aryl methyl sites for hydroxylation is 1. The smallest absolute Gasteiger partial charge is 0.232 e. The fourth-order valence-electron chi connectivity index (χ4n) is 2.27. The second-order valence-corrected chi connectivity index (χ2v) is 5.18. The molecule has 8 nitrogen and oxygen atoms in total. The zero-order valence-corrected chi connectivity index (χ0v) is 13.3. The minimum absolute atomic E-state index is 0.0148. The van der Waals surface area contributed by atoms with Crippen molar-refractivity contribution >= 4 is 23.4 Å². The minimum atomic E-state index is -1.21. The summed E-state index contributed by atoms with van der Waals surface area (Å²) < 4.78 is 5.12. The molecule has 0 fully saturated rings. The van der Waals surface area contributed by atoms with Gasteiger partial charge in [-0.05, 0) is 25.1 Å². The van der Waals surface area contributed by atoms with Crippen LogP contribution in [0.3, 0.4) is 0 Å². The predicted octanol–water partition coefficient (Wildman–Crippen LogP) is 2.59. The van der Waals surface area contributed by atoms with Crippen molar-refractivity contribution in [1.29, 1.82) is 5.26 Å². The molecule has 3 aromatic rings. The van der Waals surface area contributed by atoms with E-state index in [1.165, 1.54) is 12.3 Å². The Morgan fingerprint density at radius 2 is 2.00 bits per heavy atom. The van der Waals surface area contributed by atoms with Gasteiger partial charge in [0.15, 0.2) is 17.5 Å². The second-order valence-electron chi connectivity index (χ2n) is 5.18. The Balaban J connectivity index is 1.94. The maximum Gasteiger partial charge on any atom is 0.232 e. The van der Waals surface area contributed by atoms with Gasteiger partial charge in [-0.2, -0.15) is 20.2 Å². The standard InChI is InChI=1S/C17H14N6O2/c1-10-12(7-8-25-10)14(24)13(9-18)15-21-16(19)23-17(22-15)20-11-5-3-2-4-6-11/h2-8,13H,1H3,(H3,19,20,21,22,23)/t13-/m0/s1. The van der Waals surface area contributed by atoms with Crippen molar-refractivity contribution in [2.24, 2.45) is 0 Å². The van der Waals surface area contributed by atoms with Gasteiger partial charge in [0, 0.05) is 5.69 Å². The molecule has 3 N–H and O–H groups in total. The Labute approximate surface area is 143 Å². The number of furan rings is 1. The predicted molar refractivity (Wildman–Crippen MR) is 90.1 cm³/mol. The van der Waals surface area contributed by atoms with E-state index in [1.54, 1.807) is 6.92 Å². The first-order valence-electron chi connectivity index (χ1n) is 7.40. The average Bonchev–Trinajstić information content (AvgIpc) is 3.02. The van der Waals surface area contributed by atoms with Crippen LogP contribution in [-0.4, -0.2) is 20.7 Å². The van der Waals surface area contributed by atoms with E-state index >= 15 is 0 Å². The molecule has 0 unspecified atom stereocenters. The van der Waals surface area contributed by atoms with Gasteiger partial charge in [-0.15, -0.1) is 0 Å². The van der Waals surface area contributed by atoms with E-state index in [9.17, 15) is 10.1 Å². The van der Waals surface area contributed by atoms with Crippen molar-refractivity contribution in [1.82, 2.24) is 15.0 Å². The first-order valence-corrected chi connectivity index (χ1v) is 7.40. The number of carbonyl (C=O) groups is 1. The molecule has 2 heterocycles. The fraction of sp³-hybridized carbons (Fsp3) is 0.118. The van der Waals surface area contributed by atoms with Crippen LogP contribution in [0.25, 0.3) is 0 Å². The van der Waals surface area contributed by atoms with Gasteiger partial charge in [0.2, 0.25) is 11.9 Å². The molecule has 0 saturated heterocycles. The Bertz CT molecular complexity index is 945. The number of ketones is 1. The number of anilines is 3. The molecule has 0 bridgehead atoms. The highest BCUT2D eigenvalue weighted by atomic mass is 16.3. The molecule has 0 saturated carbocycles. The highest BCUT2D eigenvalue weighted by molar-refractivity contribution is 6.03. The molecular weight excluding hydrogens is 320 g/mol. The van der Waals surface area contributed by atoms with E-state index in [4.69, 9.17) is 10.2 Å². The van der Waals surface area contributed by atoms with Gasteiger partial charge in [-0.1, -0.05) is 18.2 Å². The van der Waals surface area contributed by atoms with Gasteiger partial charge >= 0.3 is 0 Å². The van der Waals surface area contributed by atoms with Crippen LogP contribution in [0.5, 0.6) is 0 Å². The molecule has 25 heavy (non-hydrogen) atoms. The highest BCUT2D eigenvalue weighted by Crippen LogP contribution is 2.22. The van der Waals surface area contributed by atoms with Crippen molar-refractivity contribution in [2.75, 3.05) is 11.1 Å². The molecule has 124 valence electrons. The van der Waals surface area contributed by atoms with Crippen molar-refractivity contribution in [3.05, 3.63) is 59.8 Å². The van der Waals surface area contributed by atoms with E-state index in [0.29, 0.717) is 11.3 Å². The molecule has 0 spiro atoms. The van der Waals surface area contributed by atoms with E-state index < -0.39 is 11.7 Å². The Morgan fingerprint density at radius 3 is 2.64 bits per heavy atom. The van der Waals surface area contributed by atoms with E-state index in [1.807, 2.05) is 36.4 Å². The zero-order chi connectivity index (χ0) is 17.8.